The van der Waals surface area contributed by atoms with Crippen LogP contribution in [0.15, 0.2) is 16.6 Å². The molecule has 1 aromatic rings. The maximum Gasteiger partial charge on any atom is 0.226 e. The monoisotopic (exact) mass is 300 g/mol. The van der Waals surface area contributed by atoms with Gasteiger partial charge in [-0.15, -0.1) is 0 Å². The first kappa shape index (κ1) is 14.0. The molecule has 5 heteroatoms. The zero-order chi connectivity index (χ0) is 12.8. The molecule has 1 aromatic carbocycles. The molecular weight excluding hydrogens is 284 g/mol. The molecule has 0 aliphatic heterocycles. The first-order valence-corrected chi connectivity index (χ1v) is 6.27. The zero-order valence-corrected chi connectivity index (χ0v) is 11.6. The Bertz CT molecular complexity index is 408. The largest absolute Gasteiger partial charge is 0.397 e. The molecule has 1 rings (SSSR count). The number of aryl methyl sites for hydroxylation is 1. The highest BCUT2D eigenvalue weighted by Gasteiger charge is 2.08. The number of ether oxygens (including phenoxy) is 1. The summed E-state index contributed by atoms with van der Waals surface area (Å²) >= 11 is 3.37. The Kier molecular flexibility index (Phi) is 5.44. The summed E-state index contributed by atoms with van der Waals surface area (Å²) in [4.78, 5) is 11.6. The fourth-order valence-corrected chi connectivity index (χ4v) is 1.95. The van der Waals surface area contributed by atoms with E-state index in [-0.39, 0.29) is 5.91 Å². The van der Waals surface area contributed by atoms with Crippen molar-refractivity contribution in [2.24, 2.45) is 0 Å². The second-order valence-electron chi connectivity index (χ2n) is 3.68. The lowest BCUT2D eigenvalue weighted by Gasteiger charge is -2.11. The summed E-state index contributed by atoms with van der Waals surface area (Å²) < 4.78 is 6.01. The predicted octanol–water partition coefficient (Wildman–Crippen LogP) is 2.70. The van der Waals surface area contributed by atoms with Crippen molar-refractivity contribution in [1.29, 1.82) is 0 Å². The molecule has 0 saturated carbocycles. The first-order valence-electron chi connectivity index (χ1n) is 5.47. The molecular formula is C12H17BrN2O2. The van der Waals surface area contributed by atoms with Gasteiger partial charge in [-0.05, 0) is 31.5 Å². The number of nitrogens with two attached hydrogens (primary N) is 1. The number of hydrogen-bond acceptors (Lipinski definition) is 3. The third-order valence-electron chi connectivity index (χ3n) is 2.30. The highest BCUT2D eigenvalue weighted by Crippen LogP contribution is 2.27. The predicted molar refractivity (Wildman–Crippen MR) is 73.0 cm³/mol. The number of hydrogen-bond donors (Lipinski definition) is 2. The third kappa shape index (κ3) is 4.36. The highest BCUT2D eigenvalue weighted by molar-refractivity contribution is 9.10. The number of carbonyl (C=O) groups excluding carboxylic acids is 1. The number of rotatable bonds is 5. The Morgan fingerprint density at radius 1 is 1.53 bits per heavy atom. The molecule has 94 valence electrons. The number of benzene rings is 1. The van der Waals surface area contributed by atoms with Gasteiger partial charge in [0.1, 0.15) is 0 Å². The van der Waals surface area contributed by atoms with Gasteiger partial charge in [-0.2, -0.15) is 0 Å². The van der Waals surface area contributed by atoms with Crippen LogP contribution in [-0.4, -0.2) is 19.1 Å². The van der Waals surface area contributed by atoms with Crippen LogP contribution in [0.4, 0.5) is 11.4 Å². The Balaban J connectivity index is 2.65. The second-order valence-corrected chi connectivity index (χ2v) is 4.59. The van der Waals surface area contributed by atoms with Crippen LogP contribution in [0, 0.1) is 6.92 Å². The highest BCUT2D eigenvalue weighted by atomic mass is 79.9. The van der Waals surface area contributed by atoms with Gasteiger partial charge in [-0.3, -0.25) is 4.79 Å². The molecule has 0 aromatic heterocycles. The maximum atomic E-state index is 11.6. The number of carbonyl (C=O) groups is 1. The summed E-state index contributed by atoms with van der Waals surface area (Å²) in [7, 11) is 0. The van der Waals surface area contributed by atoms with E-state index in [1.54, 1.807) is 6.07 Å². The van der Waals surface area contributed by atoms with E-state index in [4.69, 9.17) is 10.5 Å². The fourth-order valence-electron chi connectivity index (χ4n) is 1.38. The van der Waals surface area contributed by atoms with Crippen LogP contribution in [-0.2, 0) is 9.53 Å². The summed E-state index contributed by atoms with van der Waals surface area (Å²) in [6, 6.07) is 3.70. The van der Waals surface area contributed by atoms with Gasteiger partial charge in [0.15, 0.2) is 0 Å². The van der Waals surface area contributed by atoms with Crippen molar-refractivity contribution in [1.82, 2.24) is 0 Å². The van der Waals surface area contributed by atoms with E-state index in [9.17, 15) is 4.79 Å². The first-order chi connectivity index (χ1) is 8.04. The summed E-state index contributed by atoms with van der Waals surface area (Å²) in [5.74, 6) is -0.0948. The van der Waals surface area contributed by atoms with E-state index in [0.29, 0.717) is 31.0 Å². The van der Waals surface area contributed by atoms with Crippen LogP contribution in [0.1, 0.15) is 18.9 Å². The second kappa shape index (κ2) is 6.61. The smallest absolute Gasteiger partial charge is 0.226 e. The lowest BCUT2D eigenvalue weighted by atomic mass is 10.1. The van der Waals surface area contributed by atoms with Crippen LogP contribution in [0.2, 0.25) is 0 Å². The number of nitrogens with one attached hydrogen (secondary N) is 1. The molecule has 0 saturated heterocycles. The standard InChI is InChI=1S/C12H17BrN2O2/c1-3-17-5-4-11(16)15-10-7-9(13)6-8(2)12(10)14/h6-7H,3-5,14H2,1-2H3,(H,15,16). The Hall–Kier alpha value is -1.07. The van der Waals surface area contributed by atoms with E-state index in [2.05, 4.69) is 21.2 Å². The van der Waals surface area contributed by atoms with Crippen LogP contribution < -0.4 is 11.1 Å². The average Bonchev–Trinajstić information content (AvgIpc) is 2.25. The molecule has 0 spiro atoms. The summed E-state index contributed by atoms with van der Waals surface area (Å²) in [5.41, 5.74) is 8.05. The van der Waals surface area contributed by atoms with Gasteiger partial charge in [-0.25, -0.2) is 0 Å². The molecule has 0 atom stereocenters. The molecule has 17 heavy (non-hydrogen) atoms. The van der Waals surface area contributed by atoms with Gasteiger partial charge >= 0.3 is 0 Å². The number of amides is 1. The van der Waals surface area contributed by atoms with Crippen molar-refractivity contribution < 1.29 is 9.53 Å². The molecule has 0 radical (unpaired) electrons. The SMILES string of the molecule is CCOCCC(=O)Nc1cc(Br)cc(C)c1N. The lowest BCUT2D eigenvalue weighted by Crippen LogP contribution is -2.15. The van der Waals surface area contributed by atoms with Gasteiger partial charge < -0.3 is 15.8 Å². The minimum absolute atomic E-state index is 0.0948. The lowest BCUT2D eigenvalue weighted by molar-refractivity contribution is -0.117. The van der Waals surface area contributed by atoms with Crippen molar-refractivity contribution in [2.45, 2.75) is 20.3 Å². The summed E-state index contributed by atoms with van der Waals surface area (Å²) in [5, 5.41) is 2.78. The van der Waals surface area contributed by atoms with Gasteiger partial charge in [-0.1, -0.05) is 15.9 Å². The van der Waals surface area contributed by atoms with Crippen LogP contribution >= 0.6 is 15.9 Å². The topological polar surface area (TPSA) is 64.3 Å². The molecule has 1 amide bonds. The number of nitrogen functional groups attached to an aromatic ring is 1. The molecule has 0 bridgehead atoms. The Morgan fingerprint density at radius 3 is 2.88 bits per heavy atom. The van der Waals surface area contributed by atoms with E-state index in [0.717, 1.165) is 10.0 Å². The van der Waals surface area contributed by atoms with Crippen molar-refractivity contribution in [3.8, 4) is 0 Å². The Morgan fingerprint density at radius 2 is 2.24 bits per heavy atom. The van der Waals surface area contributed by atoms with Crippen LogP contribution in [0.3, 0.4) is 0 Å². The van der Waals surface area contributed by atoms with Gasteiger partial charge in [0.25, 0.3) is 0 Å². The van der Waals surface area contributed by atoms with Crippen molar-refractivity contribution in [2.75, 3.05) is 24.3 Å². The molecule has 0 fully saturated rings. The third-order valence-corrected chi connectivity index (χ3v) is 2.76. The summed E-state index contributed by atoms with van der Waals surface area (Å²) in [6.07, 6.45) is 0.332. The quantitative estimate of drug-likeness (QED) is 0.649. The minimum atomic E-state index is -0.0948. The van der Waals surface area contributed by atoms with E-state index in [1.807, 2.05) is 19.9 Å². The zero-order valence-electron chi connectivity index (χ0n) is 10.0. The summed E-state index contributed by atoms with van der Waals surface area (Å²) in [6.45, 7) is 4.84. The van der Waals surface area contributed by atoms with Gasteiger partial charge in [0.2, 0.25) is 5.91 Å². The molecule has 0 unspecified atom stereocenters. The average molecular weight is 301 g/mol. The van der Waals surface area contributed by atoms with Gasteiger partial charge in [0.05, 0.1) is 24.4 Å². The Labute approximate surface area is 110 Å². The van der Waals surface area contributed by atoms with Crippen molar-refractivity contribution >= 4 is 33.2 Å². The van der Waals surface area contributed by atoms with Crippen molar-refractivity contribution in [3.63, 3.8) is 0 Å². The molecule has 0 heterocycles. The molecule has 4 nitrogen and oxygen atoms in total. The van der Waals surface area contributed by atoms with E-state index < -0.39 is 0 Å². The molecule has 0 aliphatic carbocycles. The van der Waals surface area contributed by atoms with Crippen LogP contribution in [0.5, 0.6) is 0 Å². The van der Waals surface area contributed by atoms with Crippen LogP contribution in [0.25, 0.3) is 0 Å². The minimum Gasteiger partial charge on any atom is -0.397 e. The van der Waals surface area contributed by atoms with Gasteiger partial charge in [0, 0.05) is 11.1 Å². The number of anilines is 2. The van der Waals surface area contributed by atoms with E-state index >= 15 is 0 Å². The van der Waals surface area contributed by atoms with Crippen molar-refractivity contribution in [3.05, 3.63) is 22.2 Å². The normalized spacial score (nSPS) is 10.3. The molecule has 3 N–H and O–H groups in total. The van der Waals surface area contributed by atoms with E-state index in [1.165, 1.54) is 0 Å². The fraction of sp³-hybridized carbons (Fsp3) is 0.417. The number of halogens is 1. The molecule has 0 aliphatic rings. The maximum absolute atomic E-state index is 11.6.